The van der Waals surface area contributed by atoms with Crippen LogP contribution in [0.1, 0.15) is 10.4 Å². The van der Waals surface area contributed by atoms with Crippen LogP contribution in [0.4, 0.5) is 19.3 Å². The maximum Gasteiger partial charge on any atom is 0.324 e. The predicted octanol–water partition coefficient (Wildman–Crippen LogP) is 4.29. The number of carbonyl (C=O) groups excluding carboxylic acids is 2. The molecule has 148 valence electrons. The number of benzene rings is 2. The highest BCUT2D eigenvalue weighted by Gasteiger charge is 2.28. The number of urea groups is 1. The van der Waals surface area contributed by atoms with Gasteiger partial charge in [-0.05, 0) is 30.3 Å². The van der Waals surface area contributed by atoms with Gasteiger partial charge in [-0.2, -0.15) is 0 Å². The number of nitrogens with zero attached hydrogens (tertiary/aromatic N) is 3. The third kappa shape index (κ3) is 4.20. The predicted molar refractivity (Wildman–Crippen MR) is 104 cm³/mol. The summed E-state index contributed by atoms with van der Waals surface area (Å²) in [5.41, 5.74) is 0.287. The highest BCUT2D eigenvalue weighted by molar-refractivity contribution is 6.35. The molecule has 0 atom stereocenters. The van der Waals surface area contributed by atoms with E-state index in [-0.39, 0.29) is 37.8 Å². The number of hydrogen-bond acceptors (Lipinski definition) is 2. The molecule has 0 radical (unpaired) electrons. The third-order valence-electron chi connectivity index (χ3n) is 4.56. The van der Waals surface area contributed by atoms with Crippen molar-refractivity contribution in [3.05, 3.63) is 63.6 Å². The topological polar surface area (TPSA) is 43.9 Å². The van der Waals surface area contributed by atoms with Crippen molar-refractivity contribution in [1.29, 1.82) is 0 Å². The van der Waals surface area contributed by atoms with Crippen molar-refractivity contribution in [3.63, 3.8) is 0 Å². The highest BCUT2D eigenvalue weighted by Crippen LogP contribution is 2.29. The van der Waals surface area contributed by atoms with Crippen LogP contribution in [0.2, 0.25) is 10.0 Å². The van der Waals surface area contributed by atoms with E-state index in [1.165, 1.54) is 9.80 Å². The van der Waals surface area contributed by atoms with Gasteiger partial charge in [-0.1, -0.05) is 23.2 Å². The van der Waals surface area contributed by atoms with Crippen molar-refractivity contribution in [2.75, 3.05) is 38.1 Å². The maximum absolute atomic E-state index is 13.8. The van der Waals surface area contributed by atoms with Crippen LogP contribution >= 0.6 is 23.2 Å². The number of carbonyl (C=O) groups is 2. The van der Waals surface area contributed by atoms with Crippen LogP contribution in [0.5, 0.6) is 0 Å². The second-order valence-corrected chi connectivity index (χ2v) is 7.18. The Bertz CT molecular complexity index is 918. The first-order valence-corrected chi connectivity index (χ1v) is 9.25. The smallest absolute Gasteiger partial charge is 0.324 e. The minimum atomic E-state index is -0.904. The van der Waals surface area contributed by atoms with Crippen LogP contribution in [0.3, 0.4) is 0 Å². The Kier molecular flexibility index (Phi) is 6.05. The average molecular weight is 428 g/mol. The van der Waals surface area contributed by atoms with Crippen molar-refractivity contribution in [3.8, 4) is 0 Å². The van der Waals surface area contributed by atoms with Crippen LogP contribution in [0.25, 0.3) is 0 Å². The van der Waals surface area contributed by atoms with Gasteiger partial charge in [-0.3, -0.25) is 9.69 Å². The number of rotatable bonds is 2. The summed E-state index contributed by atoms with van der Waals surface area (Å²) < 4.78 is 26.9. The van der Waals surface area contributed by atoms with Gasteiger partial charge in [0.1, 0.15) is 11.6 Å². The summed E-state index contributed by atoms with van der Waals surface area (Å²) in [6.07, 6.45) is 0. The van der Waals surface area contributed by atoms with E-state index in [0.717, 1.165) is 12.1 Å². The highest BCUT2D eigenvalue weighted by atomic mass is 35.5. The van der Waals surface area contributed by atoms with E-state index < -0.39 is 17.5 Å². The lowest BCUT2D eigenvalue weighted by molar-refractivity contribution is 0.0664. The zero-order valence-corrected chi connectivity index (χ0v) is 16.5. The SMILES string of the molecule is CN(C(=O)N1CCN(C(=O)c2ccc(F)cc2F)CC1)c1cc(Cl)ccc1Cl. The second kappa shape index (κ2) is 8.32. The standard InChI is InChI=1S/C19H17Cl2F2N3O2/c1-24(17-10-12(20)2-5-15(17)21)19(28)26-8-6-25(7-9-26)18(27)14-4-3-13(22)11-16(14)23/h2-5,10-11H,6-9H2,1H3. The fraction of sp³-hybridized carbons (Fsp3) is 0.263. The summed E-state index contributed by atoms with van der Waals surface area (Å²) >= 11 is 12.1. The van der Waals surface area contributed by atoms with E-state index in [4.69, 9.17) is 23.2 Å². The van der Waals surface area contributed by atoms with Crippen LogP contribution in [-0.2, 0) is 0 Å². The molecule has 2 aromatic rings. The molecule has 5 nitrogen and oxygen atoms in total. The molecule has 0 bridgehead atoms. The van der Waals surface area contributed by atoms with Gasteiger partial charge in [-0.25, -0.2) is 13.6 Å². The lowest BCUT2D eigenvalue weighted by Crippen LogP contribution is -2.53. The molecule has 0 spiro atoms. The maximum atomic E-state index is 13.8. The van der Waals surface area contributed by atoms with Crippen LogP contribution in [-0.4, -0.2) is 55.0 Å². The van der Waals surface area contributed by atoms with Crippen molar-refractivity contribution in [2.45, 2.75) is 0 Å². The molecule has 1 aliphatic heterocycles. The van der Waals surface area contributed by atoms with Gasteiger partial charge >= 0.3 is 6.03 Å². The van der Waals surface area contributed by atoms with Gasteiger partial charge in [0.25, 0.3) is 5.91 Å². The van der Waals surface area contributed by atoms with E-state index in [0.29, 0.717) is 21.8 Å². The Labute approximate surface area is 171 Å². The van der Waals surface area contributed by atoms with E-state index in [9.17, 15) is 18.4 Å². The van der Waals surface area contributed by atoms with Gasteiger partial charge in [-0.15, -0.1) is 0 Å². The van der Waals surface area contributed by atoms with Crippen LogP contribution < -0.4 is 4.90 Å². The molecule has 0 aromatic heterocycles. The molecule has 9 heteroatoms. The molecule has 2 aromatic carbocycles. The van der Waals surface area contributed by atoms with Gasteiger partial charge in [0.2, 0.25) is 0 Å². The molecule has 1 aliphatic rings. The average Bonchev–Trinajstić information content (AvgIpc) is 2.68. The zero-order chi connectivity index (χ0) is 20.4. The summed E-state index contributed by atoms with van der Waals surface area (Å²) in [5, 5.41) is 0.844. The molecule has 3 rings (SSSR count). The molecule has 3 amide bonds. The van der Waals surface area contributed by atoms with Crippen LogP contribution in [0.15, 0.2) is 36.4 Å². The summed E-state index contributed by atoms with van der Waals surface area (Å²) in [4.78, 5) is 29.6. The Morgan fingerprint density at radius 3 is 2.25 bits per heavy atom. The third-order valence-corrected chi connectivity index (χ3v) is 5.11. The Balaban J connectivity index is 1.65. The number of anilines is 1. The first-order valence-electron chi connectivity index (χ1n) is 8.50. The number of halogens is 4. The molecule has 0 aliphatic carbocycles. The van der Waals surface area contributed by atoms with E-state index >= 15 is 0 Å². The lowest BCUT2D eigenvalue weighted by Gasteiger charge is -2.36. The lowest BCUT2D eigenvalue weighted by atomic mass is 10.1. The molecular formula is C19H17Cl2F2N3O2. The largest absolute Gasteiger partial charge is 0.335 e. The summed E-state index contributed by atoms with van der Waals surface area (Å²) in [6.45, 7) is 1.02. The Hall–Kier alpha value is -2.38. The van der Waals surface area contributed by atoms with Crippen molar-refractivity contribution >= 4 is 40.8 Å². The minimum Gasteiger partial charge on any atom is -0.335 e. The first-order chi connectivity index (χ1) is 13.3. The molecular weight excluding hydrogens is 411 g/mol. The van der Waals surface area contributed by atoms with Crippen molar-refractivity contribution in [2.24, 2.45) is 0 Å². The molecule has 0 saturated carbocycles. The molecule has 1 saturated heterocycles. The molecule has 0 N–H and O–H groups in total. The minimum absolute atomic E-state index is 0.191. The van der Waals surface area contributed by atoms with Crippen LogP contribution in [0, 0.1) is 11.6 Å². The molecule has 28 heavy (non-hydrogen) atoms. The van der Waals surface area contributed by atoms with Crippen molar-refractivity contribution in [1.82, 2.24) is 9.80 Å². The van der Waals surface area contributed by atoms with E-state index in [1.807, 2.05) is 0 Å². The Morgan fingerprint density at radius 2 is 1.61 bits per heavy atom. The normalized spacial score (nSPS) is 14.2. The zero-order valence-electron chi connectivity index (χ0n) is 15.0. The summed E-state index contributed by atoms with van der Waals surface area (Å²) in [5.74, 6) is -2.18. The molecule has 1 heterocycles. The molecule has 1 fully saturated rings. The number of hydrogen-bond donors (Lipinski definition) is 0. The van der Waals surface area contributed by atoms with Gasteiger partial charge in [0, 0.05) is 44.3 Å². The fourth-order valence-electron chi connectivity index (χ4n) is 2.99. The van der Waals surface area contributed by atoms with E-state index in [1.54, 1.807) is 30.1 Å². The monoisotopic (exact) mass is 427 g/mol. The van der Waals surface area contributed by atoms with Gasteiger partial charge in [0.15, 0.2) is 0 Å². The number of amides is 3. The fourth-order valence-corrected chi connectivity index (χ4v) is 3.40. The van der Waals surface area contributed by atoms with Crippen molar-refractivity contribution < 1.29 is 18.4 Å². The number of piperazine rings is 1. The van der Waals surface area contributed by atoms with Gasteiger partial charge in [0.05, 0.1) is 16.3 Å². The van der Waals surface area contributed by atoms with E-state index in [2.05, 4.69) is 0 Å². The summed E-state index contributed by atoms with van der Waals surface area (Å²) in [6, 6.07) is 7.39. The van der Waals surface area contributed by atoms with Gasteiger partial charge < -0.3 is 9.80 Å². The molecule has 0 unspecified atom stereocenters. The summed E-state index contributed by atoms with van der Waals surface area (Å²) in [7, 11) is 1.59. The quantitative estimate of drug-likeness (QED) is 0.717. The Morgan fingerprint density at radius 1 is 0.964 bits per heavy atom. The second-order valence-electron chi connectivity index (χ2n) is 6.34. The first kappa shape index (κ1) is 20.4.